The van der Waals surface area contributed by atoms with Crippen molar-refractivity contribution < 1.29 is 4.74 Å². The molecule has 0 saturated carbocycles. The topological polar surface area (TPSA) is 22.1 Å². The van der Waals surface area contributed by atoms with Gasteiger partial charge in [0.05, 0.1) is 13.3 Å². The van der Waals surface area contributed by atoms with Gasteiger partial charge in [-0.3, -0.25) is 4.98 Å². The monoisotopic (exact) mass is 199 g/mol. The summed E-state index contributed by atoms with van der Waals surface area (Å²) in [6, 6.07) is 1.99. The first kappa shape index (κ1) is 10.3. The average Bonchev–Trinajstić information content (AvgIpc) is 2.15. The quantitative estimate of drug-likeness (QED) is 0.696. The van der Waals surface area contributed by atoms with E-state index in [0.717, 1.165) is 18.6 Å². The maximum Gasteiger partial charge on any atom is 0.137 e. The van der Waals surface area contributed by atoms with E-state index in [0.29, 0.717) is 0 Å². The van der Waals surface area contributed by atoms with Crippen LogP contribution in [0.2, 0.25) is 0 Å². The van der Waals surface area contributed by atoms with Crippen LogP contribution >= 0.6 is 11.6 Å². The molecule has 3 heteroatoms. The highest BCUT2D eigenvalue weighted by Crippen LogP contribution is 2.13. The summed E-state index contributed by atoms with van der Waals surface area (Å²) < 4.78 is 5.07. The van der Waals surface area contributed by atoms with Crippen molar-refractivity contribution in [2.24, 2.45) is 0 Å². The third kappa shape index (κ3) is 3.64. The predicted molar refractivity (Wildman–Crippen MR) is 54.4 cm³/mol. The summed E-state index contributed by atoms with van der Waals surface area (Å²) in [6.45, 7) is 2.00. The molecule has 0 aliphatic carbocycles. The van der Waals surface area contributed by atoms with Gasteiger partial charge in [-0.2, -0.15) is 0 Å². The van der Waals surface area contributed by atoms with Gasteiger partial charge in [-0.25, -0.2) is 0 Å². The molecule has 1 aromatic heterocycles. The number of nitrogens with zero attached hydrogens (tertiary/aromatic N) is 1. The standard InChI is InChI=1S/C10H14ClNO/c1-8(11)3-4-9-5-10(13-2)7-12-6-9/h5-8H,3-4H2,1-2H3. The van der Waals surface area contributed by atoms with Crippen molar-refractivity contribution in [3.05, 3.63) is 24.0 Å². The first-order valence-corrected chi connectivity index (χ1v) is 4.78. The highest BCUT2D eigenvalue weighted by atomic mass is 35.5. The molecule has 0 aromatic carbocycles. The van der Waals surface area contributed by atoms with E-state index in [2.05, 4.69) is 4.98 Å². The summed E-state index contributed by atoms with van der Waals surface area (Å²) in [4.78, 5) is 4.07. The molecule has 0 spiro atoms. The normalized spacial score (nSPS) is 12.5. The van der Waals surface area contributed by atoms with E-state index in [-0.39, 0.29) is 5.38 Å². The largest absolute Gasteiger partial charge is 0.495 e. The Balaban J connectivity index is 2.56. The minimum atomic E-state index is 0.214. The lowest BCUT2D eigenvalue weighted by molar-refractivity contribution is 0.412. The van der Waals surface area contributed by atoms with E-state index in [9.17, 15) is 0 Å². The average molecular weight is 200 g/mol. The second kappa shape index (κ2) is 5.07. The van der Waals surface area contributed by atoms with Crippen LogP contribution < -0.4 is 4.74 Å². The van der Waals surface area contributed by atoms with E-state index in [4.69, 9.17) is 16.3 Å². The molecule has 2 nitrogen and oxygen atoms in total. The van der Waals surface area contributed by atoms with Crippen molar-refractivity contribution in [1.29, 1.82) is 0 Å². The zero-order valence-electron chi connectivity index (χ0n) is 7.96. The minimum Gasteiger partial charge on any atom is -0.495 e. The highest BCUT2D eigenvalue weighted by Gasteiger charge is 2.00. The van der Waals surface area contributed by atoms with Gasteiger partial charge in [-0.05, 0) is 31.4 Å². The lowest BCUT2D eigenvalue weighted by Crippen LogP contribution is -1.95. The van der Waals surface area contributed by atoms with Gasteiger partial charge >= 0.3 is 0 Å². The Morgan fingerprint density at radius 2 is 2.31 bits per heavy atom. The molecular formula is C10H14ClNO. The number of methoxy groups -OCH3 is 1. The fraction of sp³-hybridized carbons (Fsp3) is 0.500. The number of pyridine rings is 1. The molecule has 1 atom stereocenters. The van der Waals surface area contributed by atoms with Crippen molar-refractivity contribution in [2.45, 2.75) is 25.1 Å². The van der Waals surface area contributed by atoms with Gasteiger partial charge in [0.1, 0.15) is 5.75 Å². The Hall–Kier alpha value is -0.760. The minimum absolute atomic E-state index is 0.214. The van der Waals surface area contributed by atoms with E-state index < -0.39 is 0 Å². The summed E-state index contributed by atoms with van der Waals surface area (Å²) in [5.41, 5.74) is 1.17. The van der Waals surface area contributed by atoms with Crippen molar-refractivity contribution >= 4 is 11.6 Å². The zero-order chi connectivity index (χ0) is 9.68. The molecule has 1 aromatic rings. The maximum absolute atomic E-state index is 5.85. The SMILES string of the molecule is COc1cncc(CCC(C)Cl)c1. The smallest absolute Gasteiger partial charge is 0.137 e. The molecule has 0 N–H and O–H groups in total. The van der Waals surface area contributed by atoms with Crippen LogP contribution in [0.25, 0.3) is 0 Å². The molecular weight excluding hydrogens is 186 g/mol. The molecule has 72 valence electrons. The Morgan fingerprint density at radius 3 is 2.92 bits per heavy atom. The number of halogens is 1. The van der Waals surface area contributed by atoms with Gasteiger partial charge in [0.2, 0.25) is 0 Å². The van der Waals surface area contributed by atoms with E-state index in [1.807, 2.05) is 19.2 Å². The molecule has 1 unspecified atom stereocenters. The lowest BCUT2D eigenvalue weighted by atomic mass is 10.1. The van der Waals surface area contributed by atoms with Crippen molar-refractivity contribution in [3.8, 4) is 5.75 Å². The lowest BCUT2D eigenvalue weighted by Gasteiger charge is -2.04. The molecule has 0 aliphatic rings. The fourth-order valence-corrected chi connectivity index (χ4v) is 1.19. The van der Waals surface area contributed by atoms with Gasteiger partial charge in [-0.15, -0.1) is 11.6 Å². The number of hydrogen-bond donors (Lipinski definition) is 0. The fourth-order valence-electron chi connectivity index (χ4n) is 1.08. The molecule has 0 radical (unpaired) electrons. The Kier molecular flexibility index (Phi) is 4.03. The van der Waals surface area contributed by atoms with Crippen LogP contribution in [0.15, 0.2) is 18.5 Å². The Morgan fingerprint density at radius 1 is 1.54 bits per heavy atom. The number of aryl methyl sites for hydroxylation is 1. The summed E-state index contributed by atoms with van der Waals surface area (Å²) in [5.74, 6) is 0.805. The molecule has 13 heavy (non-hydrogen) atoms. The summed E-state index contributed by atoms with van der Waals surface area (Å²) in [7, 11) is 1.64. The Bertz CT molecular complexity index is 263. The van der Waals surface area contributed by atoms with Crippen LogP contribution in [0, 0.1) is 0 Å². The van der Waals surface area contributed by atoms with Crippen LogP contribution in [0.1, 0.15) is 18.9 Å². The van der Waals surface area contributed by atoms with Crippen LogP contribution in [0.4, 0.5) is 0 Å². The summed E-state index contributed by atoms with van der Waals surface area (Å²) in [5, 5.41) is 0.214. The maximum atomic E-state index is 5.85. The third-order valence-electron chi connectivity index (χ3n) is 1.84. The Labute approximate surface area is 83.9 Å². The molecule has 0 aliphatic heterocycles. The number of alkyl halides is 1. The van der Waals surface area contributed by atoms with Gasteiger partial charge in [0.15, 0.2) is 0 Å². The van der Waals surface area contributed by atoms with E-state index in [1.165, 1.54) is 5.56 Å². The number of ether oxygens (including phenoxy) is 1. The molecule has 0 saturated heterocycles. The van der Waals surface area contributed by atoms with Gasteiger partial charge in [-0.1, -0.05) is 0 Å². The zero-order valence-corrected chi connectivity index (χ0v) is 8.71. The van der Waals surface area contributed by atoms with Crippen LogP contribution in [0.3, 0.4) is 0 Å². The first-order chi connectivity index (χ1) is 6.22. The third-order valence-corrected chi connectivity index (χ3v) is 2.05. The molecule has 1 rings (SSSR count). The van der Waals surface area contributed by atoms with Gasteiger partial charge < -0.3 is 4.74 Å². The molecule has 0 amide bonds. The first-order valence-electron chi connectivity index (χ1n) is 4.34. The van der Waals surface area contributed by atoms with Crippen molar-refractivity contribution in [2.75, 3.05) is 7.11 Å². The van der Waals surface area contributed by atoms with Gasteiger partial charge in [0, 0.05) is 11.6 Å². The number of hydrogen-bond acceptors (Lipinski definition) is 2. The summed E-state index contributed by atoms with van der Waals surface area (Å²) >= 11 is 5.85. The second-order valence-corrected chi connectivity index (χ2v) is 3.80. The molecule has 1 heterocycles. The summed E-state index contributed by atoms with van der Waals surface area (Å²) in [6.07, 6.45) is 5.47. The predicted octanol–water partition coefficient (Wildman–Crippen LogP) is 2.65. The second-order valence-electron chi connectivity index (χ2n) is 3.05. The van der Waals surface area contributed by atoms with Crippen molar-refractivity contribution in [1.82, 2.24) is 4.98 Å². The molecule has 0 fully saturated rings. The van der Waals surface area contributed by atoms with Crippen molar-refractivity contribution in [3.63, 3.8) is 0 Å². The van der Waals surface area contributed by atoms with Crippen LogP contribution in [-0.2, 0) is 6.42 Å². The van der Waals surface area contributed by atoms with Crippen LogP contribution in [0.5, 0.6) is 5.75 Å². The number of aromatic nitrogens is 1. The number of rotatable bonds is 4. The van der Waals surface area contributed by atoms with E-state index >= 15 is 0 Å². The highest BCUT2D eigenvalue weighted by molar-refractivity contribution is 6.20. The van der Waals surface area contributed by atoms with Crippen LogP contribution in [-0.4, -0.2) is 17.5 Å². The van der Waals surface area contributed by atoms with Gasteiger partial charge in [0.25, 0.3) is 0 Å². The van der Waals surface area contributed by atoms with E-state index in [1.54, 1.807) is 13.3 Å². The molecule has 0 bridgehead atoms.